The molecule has 0 saturated carbocycles. The Hall–Kier alpha value is -2.00. The predicted octanol–water partition coefficient (Wildman–Crippen LogP) is 3.80. The molecule has 0 radical (unpaired) electrons. The van der Waals surface area contributed by atoms with Gasteiger partial charge in [-0.05, 0) is 42.2 Å². The summed E-state index contributed by atoms with van der Waals surface area (Å²) in [5.41, 5.74) is 4.15. The number of carbonyl (C=O) groups is 1. The Kier molecular flexibility index (Phi) is 3.84. The van der Waals surface area contributed by atoms with Gasteiger partial charge in [-0.3, -0.25) is 4.79 Å². The van der Waals surface area contributed by atoms with Gasteiger partial charge in [0.2, 0.25) is 0 Å². The van der Waals surface area contributed by atoms with Gasteiger partial charge in [0.15, 0.2) is 0 Å². The van der Waals surface area contributed by atoms with E-state index in [1.165, 1.54) is 11.1 Å². The van der Waals surface area contributed by atoms with Crippen molar-refractivity contribution < 1.29 is 4.79 Å². The Balaban J connectivity index is 1.85. The van der Waals surface area contributed by atoms with E-state index in [-0.39, 0.29) is 5.91 Å². The molecular formula is C17H17ClN2O. The highest BCUT2D eigenvalue weighted by Crippen LogP contribution is 2.34. The van der Waals surface area contributed by atoms with Gasteiger partial charge in [-0.15, -0.1) is 0 Å². The predicted molar refractivity (Wildman–Crippen MR) is 86.0 cm³/mol. The molecule has 21 heavy (non-hydrogen) atoms. The van der Waals surface area contributed by atoms with E-state index in [9.17, 15) is 4.79 Å². The van der Waals surface area contributed by atoms with Crippen LogP contribution in [0.25, 0.3) is 0 Å². The van der Waals surface area contributed by atoms with Crippen LogP contribution in [0.2, 0.25) is 5.02 Å². The third-order valence-electron chi connectivity index (χ3n) is 3.91. The molecule has 0 aliphatic heterocycles. The molecular weight excluding hydrogens is 284 g/mol. The molecule has 2 aromatic rings. The summed E-state index contributed by atoms with van der Waals surface area (Å²) in [4.78, 5) is 11.8. The maximum atomic E-state index is 11.8. The van der Waals surface area contributed by atoms with E-state index in [0.29, 0.717) is 16.6 Å². The quantitative estimate of drug-likeness (QED) is 0.905. The van der Waals surface area contributed by atoms with Crippen molar-refractivity contribution >= 4 is 23.2 Å². The molecule has 0 fully saturated rings. The molecule has 1 unspecified atom stereocenters. The summed E-state index contributed by atoms with van der Waals surface area (Å²) in [5.74, 6) is -0.171. The summed E-state index contributed by atoms with van der Waals surface area (Å²) >= 11 is 6.08. The van der Waals surface area contributed by atoms with Gasteiger partial charge in [0.1, 0.15) is 0 Å². The van der Waals surface area contributed by atoms with Crippen molar-refractivity contribution in [2.75, 3.05) is 12.4 Å². The number of aryl methyl sites for hydroxylation is 1. The molecule has 0 aromatic heterocycles. The first-order valence-corrected chi connectivity index (χ1v) is 7.43. The minimum absolute atomic E-state index is 0.171. The molecule has 1 atom stereocenters. The van der Waals surface area contributed by atoms with Gasteiger partial charge in [-0.25, -0.2) is 0 Å². The number of halogens is 1. The topological polar surface area (TPSA) is 41.1 Å². The van der Waals surface area contributed by atoms with Crippen LogP contribution in [0.5, 0.6) is 0 Å². The number of amides is 1. The van der Waals surface area contributed by atoms with Crippen molar-refractivity contribution in [3.63, 3.8) is 0 Å². The lowest BCUT2D eigenvalue weighted by Crippen LogP contribution is -2.18. The second kappa shape index (κ2) is 5.78. The Labute approximate surface area is 129 Å². The van der Waals surface area contributed by atoms with E-state index in [1.54, 1.807) is 13.1 Å². The molecule has 4 heteroatoms. The van der Waals surface area contributed by atoms with E-state index in [0.717, 1.165) is 18.5 Å². The standard InChI is InChI=1S/C17H17ClN2O/c1-19-17(21)14-10-12(7-8-15(14)18)20-16-9-6-11-4-2-3-5-13(11)16/h2-5,7-8,10,16,20H,6,9H2,1H3,(H,19,21). The highest BCUT2D eigenvalue weighted by Gasteiger charge is 2.22. The number of anilines is 1. The number of fused-ring (bicyclic) bond motifs is 1. The van der Waals surface area contributed by atoms with Gasteiger partial charge in [0.25, 0.3) is 5.91 Å². The molecule has 0 heterocycles. The lowest BCUT2D eigenvalue weighted by atomic mass is 10.1. The summed E-state index contributed by atoms with van der Waals surface area (Å²) in [6.45, 7) is 0. The van der Waals surface area contributed by atoms with E-state index < -0.39 is 0 Å². The summed E-state index contributed by atoms with van der Waals surface area (Å²) in [7, 11) is 1.60. The molecule has 1 amide bonds. The van der Waals surface area contributed by atoms with Gasteiger partial charge in [-0.2, -0.15) is 0 Å². The summed E-state index contributed by atoms with van der Waals surface area (Å²) < 4.78 is 0. The lowest BCUT2D eigenvalue weighted by Gasteiger charge is -2.16. The second-order valence-electron chi connectivity index (χ2n) is 5.21. The normalized spacial score (nSPS) is 16.4. The van der Waals surface area contributed by atoms with Crippen molar-refractivity contribution in [2.45, 2.75) is 18.9 Å². The smallest absolute Gasteiger partial charge is 0.252 e. The van der Waals surface area contributed by atoms with Crippen molar-refractivity contribution in [1.29, 1.82) is 0 Å². The largest absolute Gasteiger partial charge is 0.378 e. The first-order chi connectivity index (χ1) is 10.2. The highest BCUT2D eigenvalue weighted by atomic mass is 35.5. The molecule has 0 bridgehead atoms. The molecule has 1 aliphatic carbocycles. The Bertz CT molecular complexity index is 684. The molecule has 1 aliphatic rings. The average Bonchev–Trinajstić information content (AvgIpc) is 2.92. The molecule has 2 N–H and O–H groups in total. The van der Waals surface area contributed by atoms with Gasteiger partial charge in [0, 0.05) is 12.7 Å². The first-order valence-electron chi connectivity index (χ1n) is 7.05. The lowest BCUT2D eigenvalue weighted by molar-refractivity contribution is 0.0963. The maximum absolute atomic E-state index is 11.8. The number of benzene rings is 2. The van der Waals surface area contributed by atoms with Crippen molar-refractivity contribution in [1.82, 2.24) is 5.32 Å². The van der Waals surface area contributed by atoms with Crippen LogP contribution in [-0.2, 0) is 6.42 Å². The van der Waals surface area contributed by atoms with Gasteiger partial charge in [-0.1, -0.05) is 35.9 Å². The Morgan fingerprint density at radius 1 is 1.24 bits per heavy atom. The Morgan fingerprint density at radius 3 is 2.86 bits per heavy atom. The zero-order chi connectivity index (χ0) is 14.8. The van der Waals surface area contributed by atoms with E-state index >= 15 is 0 Å². The van der Waals surface area contributed by atoms with E-state index in [4.69, 9.17) is 11.6 Å². The Morgan fingerprint density at radius 2 is 2.05 bits per heavy atom. The number of nitrogens with one attached hydrogen (secondary N) is 2. The molecule has 2 aromatic carbocycles. The number of hydrogen-bond donors (Lipinski definition) is 2. The summed E-state index contributed by atoms with van der Waals surface area (Å²) in [6.07, 6.45) is 2.15. The van der Waals surface area contributed by atoms with Crippen LogP contribution in [0.3, 0.4) is 0 Å². The van der Waals surface area contributed by atoms with Crippen LogP contribution in [0.1, 0.15) is 33.9 Å². The second-order valence-corrected chi connectivity index (χ2v) is 5.62. The summed E-state index contributed by atoms with van der Waals surface area (Å²) in [6, 6.07) is 14.3. The minimum atomic E-state index is -0.171. The van der Waals surface area contributed by atoms with Gasteiger partial charge < -0.3 is 10.6 Å². The number of hydrogen-bond acceptors (Lipinski definition) is 2. The van der Waals surface area contributed by atoms with Crippen molar-refractivity contribution in [3.8, 4) is 0 Å². The van der Waals surface area contributed by atoms with E-state index in [2.05, 4.69) is 34.9 Å². The molecule has 108 valence electrons. The minimum Gasteiger partial charge on any atom is -0.378 e. The SMILES string of the molecule is CNC(=O)c1cc(NC2CCc3ccccc32)ccc1Cl. The third-order valence-corrected chi connectivity index (χ3v) is 4.24. The van der Waals surface area contributed by atoms with Crippen LogP contribution in [0, 0.1) is 0 Å². The molecule has 3 nitrogen and oxygen atoms in total. The summed E-state index contributed by atoms with van der Waals surface area (Å²) in [5, 5.41) is 6.58. The maximum Gasteiger partial charge on any atom is 0.252 e. The monoisotopic (exact) mass is 300 g/mol. The molecule has 0 spiro atoms. The zero-order valence-electron chi connectivity index (χ0n) is 11.8. The van der Waals surface area contributed by atoms with Crippen LogP contribution in [0.15, 0.2) is 42.5 Å². The van der Waals surface area contributed by atoms with Gasteiger partial charge >= 0.3 is 0 Å². The van der Waals surface area contributed by atoms with Crippen molar-refractivity contribution in [2.24, 2.45) is 0 Å². The third kappa shape index (κ3) is 2.74. The highest BCUT2D eigenvalue weighted by molar-refractivity contribution is 6.34. The molecule has 0 saturated heterocycles. The van der Waals surface area contributed by atoms with Crippen LogP contribution >= 0.6 is 11.6 Å². The number of carbonyl (C=O) groups excluding carboxylic acids is 1. The first kappa shape index (κ1) is 14.0. The zero-order valence-corrected chi connectivity index (χ0v) is 12.6. The fraction of sp³-hybridized carbons (Fsp3) is 0.235. The fourth-order valence-corrected chi connectivity index (χ4v) is 3.04. The van der Waals surface area contributed by atoms with Gasteiger partial charge in [0.05, 0.1) is 16.6 Å². The average molecular weight is 301 g/mol. The van der Waals surface area contributed by atoms with Crippen molar-refractivity contribution in [3.05, 3.63) is 64.2 Å². The van der Waals surface area contributed by atoms with Crippen LogP contribution < -0.4 is 10.6 Å². The molecule has 3 rings (SSSR count). The van der Waals surface area contributed by atoms with Crippen LogP contribution in [0.4, 0.5) is 5.69 Å². The number of rotatable bonds is 3. The van der Waals surface area contributed by atoms with E-state index in [1.807, 2.05) is 12.1 Å². The van der Waals surface area contributed by atoms with Crippen LogP contribution in [-0.4, -0.2) is 13.0 Å². The fourth-order valence-electron chi connectivity index (χ4n) is 2.83.